The summed E-state index contributed by atoms with van der Waals surface area (Å²) in [5, 5.41) is 0. The van der Waals surface area contributed by atoms with Crippen molar-refractivity contribution in [1.29, 1.82) is 0 Å². The van der Waals surface area contributed by atoms with Gasteiger partial charge in [-0.1, -0.05) is 229 Å². The van der Waals surface area contributed by atoms with Crippen LogP contribution in [0, 0.1) is 17.3 Å². The van der Waals surface area contributed by atoms with E-state index in [-0.39, 0.29) is 66.8 Å². The highest BCUT2D eigenvalue weighted by Gasteiger charge is 2.56. The minimum absolute atomic E-state index is 0.0481. The van der Waals surface area contributed by atoms with E-state index in [2.05, 4.69) is 20.8 Å². The van der Waals surface area contributed by atoms with E-state index in [0.29, 0.717) is 12.8 Å². The van der Waals surface area contributed by atoms with Crippen LogP contribution in [0.1, 0.15) is 139 Å². The van der Waals surface area contributed by atoms with Crippen LogP contribution in [0.25, 0.3) is 0 Å². The van der Waals surface area contributed by atoms with E-state index in [4.69, 9.17) is 56.8 Å². The lowest BCUT2D eigenvalue weighted by molar-refractivity contribution is -0.354. The number of rotatable bonds is 27. The lowest BCUT2D eigenvalue weighted by Crippen LogP contribution is -2.65. The van der Waals surface area contributed by atoms with Gasteiger partial charge in [0.2, 0.25) is 0 Å². The molecule has 0 amide bonds. The Bertz CT molecular complexity index is 3480. The smallest absolute Gasteiger partial charge is 0.338 e. The van der Waals surface area contributed by atoms with Gasteiger partial charge in [-0.15, -0.1) is 0 Å². The third kappa shape index (κ3) is 19.2. The van der Waals surface area contributed by atoms with Gasteiger partial charge in [0.05, 0.1) is 54.8 Å². The molecule has 7 aromatic carbocycles. The van der Waals surface area contributed by atoms with Gasteiger partial charge >= 0.3 is 23.9 Å². The summed E-state index contributed by atoms with van der Waals surface area (Å²) < 4.78 is 83.0. The second kappa shape index (κ2) is 34.4. The zero-order chi connectivity index (χ0) is 66.6. The first-order valence-electron chi connectivity index (χ1n) is 34.0. The van der Waals surface area contributed by atoms with Gasteiger partial charge in [0, 0.05) is 0 Å². The quantitative estimate of drug-likeness (QED) is 0.0350. The van der Waals surface area contributed by atoms with Crippen molar-refractivity contribution in [3.8, 4) is 0 Å². The van der Waals surface area contributed by atoms with Crippen LogP contribution in [-0.4, -0.2) is 110 Å². The summed E-state index contributed by atoms with van der Waals surface area (Å²) in [6.07, 6.45) is -7.87. The Hall–Kier alpha value is -7.90. The summed E-state index contributed by atoms with van der Waals surface area (Å²) in [4.78, 5) is 59.0. The topological polar surface area (TPSA) is 179 Å². The Morgan fingerprint density at radius 3 is 1.39 bits per heavy atom. The Morgan fingerprint density at radius 1 is 0.438 bits per heavy atom. The standard InChI is InChI=1S/C80H90O16/c1-54-68(85-49-56-31-15-6-16-32-56)70(86-50-57-33-17-7-18-34-57)72(87-51-58-35-19-8-20-36-58)78(90-54)92-64-46-45-63(80(2,3)4)48-65(64)93-79-73(96-76(83)62-43-27-12-28-44-62)71(91-66(47-55-29-13-5-14-30-55)77(84)88-52-59-37-21-9-22-38-59)69(95-75(82)61-41-25-11-26-42-61)67(94-79)53-89-74(81)60-39-23-10-24-40-60/h6-12,15-28,31-44,54-55,63-73,78-79H,5,13-14,29-30,45-53H2,1-4H3/t54-,63+,64+,65+,66-,67+,68+,69-,70+,71-,72-,73+,78-,79+/m0/s1. The molecule has 0 bridgehead atoms. The molecule has 2 saturated carbocycles. The van der Waals surface area contributed by atoms with Crippen molar-refractivity contribution >= 4 is 23.9 Å². The van der Waals surface area contributed by atoms with Crippen molar-refractivity contribution < 1.29 is 76.0 Å². The molecule has 0 N–H and O–H groups in total. The normalized spacial score (nSPS) is 25.8. The predicted octanol–water partition coefficient (Wildman–Crippen LogP) is 14.6. The first kappa shape index (κ1) is 69.5. The molecule has 0 unspecified atom stereocenters. The van der Waals surface area contributed by atoms with Crippen LogP contribution in [-0.2, 0) is 88.1 Å². The van der Waals surface area contributed by atoms with Crippen LogP contribution < -0.4 is 0 Å². The fourth-order valence-electron chi connectivity index (χ4n) is 13.3. The minimum atomic E-state index is -1.59. The maximum atomic E-state index is 15.1. The van der Waals surface area contributed by atoms with Gasteiger partial charge in [0.25, 0.3) is 0 Å². The molecule has 14 atom stereocenters. The second-order valence-electron chi connectivity index (χ2n) is 26.6. The molecular weight excluding hydrogens is 1220 g/mol. The van der Waals surface area contributed by atoms with E-state index in [1.807, 2.05) is 128 Å². The van der Waals surface area contributed by atoms with Gasteiger partial charge in [0.1, 0.15) is 43.7 Å². The maximum absolute atomic E-state index is 15.1. The second-order valence-corrected chi connectivity index (χ2v) is 26.6. The molecule has 2 aliphatic carbocycles. The molecule has 2 heterocycles. The lowest BCUT2D eigenvalue weighted by Gasteiger charge is -2.50. The Morgan fingerprint density at radius 2 is 0.875 bits per heavy atom. The van der Waals surface area contributed by atoms with Crippen LogP contribution >= 0.6 is 0 Å². The molecule has 0 aromatic heterocycles. The lowest BCUT2D eigenvalue weighted by atomic mass is 9.71. The van der Waals surface area contributed by atoms with Gasteiger partial charge in [-0.3, -0.25) is 0 Å². The maximum Gasteiger partial charge on any atom is 0.338 e. The molecule has 0 radical (unpaired) electrons. The Kier molecular flexibility index (Phi) is 24.9. The highest BCUT2D eigenvalue weighted by molar-refractivity contribution is 5.90. The molecule has 11 rings (SSSR count). The predicted molar refractivity (Wildman–Crippen MR) is 359 cm³/mol. The summed E-state index contributed by atoms with van der Waals surface area (Å²) in [5.74, 6) is -2.80. The average molecular weight is 1310 g/mol. The molecule has 7 aromatic rings. The average Bonchev–Trinajstić information content (AvgIpc) is 0.781. The number of hydrogen-bond acceptors (Lipinski definition) is 16. The van der Waals surface area contributed by atoms with Crippen molar-refractivity contribution in [1.82, 2.24) is 0 Å². The van der Waals surface area contributed by atoms with E-state index in [1.165, 1.54) is 0 Å². The van der Waals surface area contributed by atoms with Crippen molar-refractivity contribution in [2.24, 2.45) is 17.3 Å². The van der Waals surface area contributed by atoms with E-state index < -0.39 is 110 Å². The monoisotopic (exact) mass is 1310 g/mol. The SMILES string of the molecule is C[C@@H]1O[C@@H](O[C@@H]2CC[C@@H](C(C)(C)C)C[C@H]2O[C@@H]2O[C@H](COC(=O)c3ccccc3)[C@H](OC(=O)c3ccccc3)[C@H](O[C@@H](CC3CCCCC3)C(=O)OCc3ccccc3)[C@H]2OC(=O)c2ccccc2)[C@@H](OCc2ccccc2)[C@H](OCc2ccccc2)[C@@H]1OCc1ccccc1. The molecule has 2 aliphatic heterocycles. The number of esters is 4. The van der Waals surface area contributed by atoms with Crippen LogP contribution in [0.15, 0.2) is 212 Å². The molecule has 96 heavy (non-hydrogen) atoms. The fourth-order valence-corrected chi connectivity index (χ4v) is 13.3. The van der Waals surface area contributed by atoms with Crippen LogP contribution in [0.5, 0.6) is 0 Å². The highest BCUT2D eigenvalue weighted by atomic mass is 16.8. The van der Waals surface area contributed by atoms with Crippen molar-refractivity contribution in [2.45, 2.75) is 192 Å². The van der Waals surface area contributed by atoms with Gasteiger partial charge in [-0.2, -0.15) is 0 Å². The first-order chi connectivity index (χ1) is 46.8. The van der Waals surface area contributed by atoms with E-state index in [1.54, 1.807) is 91.0 Å². The summed E-state index contributed by atoms with van der Waals surface area (Å²) in [6, 6.07) is 64.5. The fraction of sp³-hybridized carbons (Fsp3) is 0.425. The minimum Gasteiger partial charge on any atom is -0.459 e. The van der Waals surface area contributed by atoms with Crippen molar-refractivity contribution in [2.75, 3.05) is 6.61 Å². The van der Waals surface area contributed by atoms with Crippen LogP contribution in [0.3, 0.4) is 0 Å². The molecule has 16 heteroatoms. The third-order valence-corrected chi connectivity index (χ3v) is 18.7. The summed E-state index contributed by atoms with van der Waals surface area (Å²) >= 11 is 0. The largest absolute Gasteiger partial charge is 0.459 e. The molecule has 2 saturated heterocycles. The van der Waals surface area contributed by atoms with E-state index in [0.717, 1.165) is 60.8 Å². The number of benzene rings is 7. The highest BCUT2D eigenvalue weighted by Crippen LogP contribution is 2.44. The van der Waals surface area contributed by atoms with Crippen LogP contribution in [0.2, 0.25) is 0 Å². The van der Waals surface area contributed by atoms with E-state index in [9.17, 15) is 9.59 Å². The van der Waals surface area contributed by atoms with Crippen LogP contribution in [0.4, 0.5) is 0 Å². The number of carbonyl (C=O) groups excluding carboxylic acids is 4. The molecule has 506 valence electrons. The molecule has 4 fully saturated rings. The summed E-state index contributed by atoms with van der Waals surface area (Å²) in [5.41, 5.74) is 4.03. The van der Waals surface area contributed by atoms with Gasteiger partial charge in [0.15, 0.2) is 30.9 Å². The number of ether oxygens (including phenoxy) is 12. The molecule has 4 aliphatic rings. The number of carbonyl (C=O) groups is 4. The Balaban J connectivity index is 0.998. The first-order valence-corrected chi connectivity index (χ1v) is 34.0. The summed E-state index contributed by atoms with van der Waals surface area (Å²) in [7, 11) is 0. The van der Waals surface area contributed by atoms with Crippen molar-refractivity contribution in [3.63, 3.8) is 0 Å². The molecule has 0 spiro atoms. The Labute approximate surface area is 564 Å². The zero-order valence-corrected chi connectivity index (χ0v) is 55.3. The third-order valence-electron chi connectivity index (χ3n) is 18.7. The molecule has 16 nitrogen and oxygen atoms in total. The number of hydrogen-bond donors (Lipinski definition) is 0. The molecular formula is C80H90O16. The van der Waals surface area contributed by atoms with Gasteiger partial charge in [-0.05, 0) is 109 Å². The van der Waals surface area contributed by atoms with Crippen molar-refractivity contribution in [3.05, 3.63) is 251 Å². The van der Waals surface area contributed by atoms with Gasteiger partial charge in [-0.25, -0.2) is 19.2 Å². The van der Waals surface area contributed by atoms with Gasteiger partial charge < -0.3 is 56.8 Å². The summed E-state index contributed by atoms with van der Waals surface area (Å²) in [6.45, 7) is 8.68. The van der Waals surface area contributed by atoms with E-state index >= 15 is 9.59 Å². The zero-order valence-electron chi connectivity index (χ0n) is 55.3.